The molecule has 2 N–H and O–H groups in total. The molecular weight excluding hydrogens is 288 g/mol. The number of hydrogen-bond acceptors (Lipinski definition) is 5. The highest BCUT2D eigenvalue weighted by Gasteiger charge is 2.20. The number of carbonyl (C=O) groups excluding carboxylic acids is 1. The van der Waals surface area contributed by atoms with E-state index in [1.807, 2.05) is 20.8 Å². The molecule has 0 fully saturated rings. The van der Waals surface area contributed by atoms with Crippen LogP contribution < -0.4 is 5.32 Å². The predicted octanol–water partition coefficient (Wildman–Crippen LogP) is 2.19. The number of carbonyl (C=O) groups is 1. The minimum absolute atomic E-state index is 0.195. The van der Waals surface area contributed by atoms with Gasteiger partial charge in [-0.05, 0) is 32.2 Å². The Kier molecular flexibility index (Phi) is 4.78. The van der Waals surface area contributed by atoms with Crippen molar-refractivity contribution in [2.45, 2.75) is 26.8 Å². The molecule has 0 aromatic carbocycles. The van der Waals surface area contributed by atoms with Crippen molar-refractivity contribution < 1.29 is 14.4 Å². The van der Waals surface area contributed by atoms with E-state index in [9.17, 15) is 4.79 Å². The Morgan fingerprint density at radius 2 is 2.33 bits per heavy atom. The van der Waals surface area contributed by atoms with Crippen molar-refractivity contribution in [3.8, 4) is 11.8 Å². The number of amides is 1. The lowest BCUT2D eigenvalue weighted by molar-refractivity contribution is 0.0943. The van der Waals surface area contributed by atoms with Crippen molar-refractivity contribution in [2.24, 2.45) is 0 Å². The quantitative estimate of drug-likeness (QED) is 0.852. The number of aryl methyl sites for hydroxylation is 2. The van der Waals surface area contributed by atoms with E-state index in [4.69, 9.17) is 9.63 Å². The third kappa shape index (κ3) is 3.32. The molecular formula is C15H16N2O3S. The van der Waals surface area contributed by atoms with E-state index in [0.29, 0.717) is 16.2 Å². The molecule has 0 saturated carbocycles. The maximum Gasteiger partial charge on any atom is 0.263 e. The summed E-state index contributed by atoms with van der Waals surface area (Å²) in [5, 5.41) is 17.4. The van der Waals surface area contributed by atoms with Gasteiger partial charge in [-0.25, -0.2) is 0 Å². The van der Waals surface area contributed by atoms with Gasteiger partial charge in [0.05, 0.1) is 11.7 Å². The normalized spacial score (nSPS) is 11.6. The number of nitrogens with one attached hydrogen (secondary N) is 1. The first-order valence-corrected chi connectivity index (χ1v) is 7.33. The van der Waals surface area contributed by atoms with Crippen molar-refractivity contribution in [3.05, 3.63) is 38.9 Å². The molecule has 0 radical (unpaired) electrons. The third-order valence-electron chi connectivity index (χ3n) is 3.04. The number of aromatic nitrogens is 1. The van der Waals surface area contributed by atoms with Gasteiger partial charge in [0.25, 0.3) is 5.91 Å². The molecule has 1 amide bonds. The van der Waals surface area contributed by atoms with Gasteiger partial charge in [-0.15, -0.1) is 11.3 Å². The van der Waals surface area contributed by atoms with E-state index >= 15 is 0 Å². The minimum Gasteiger partial charge on any atom is -0.384 e. The van der Waals surface area contributed by atoms with Crippen molar-refractivity contribution in [1.82, 2.24) is 10.5 Å². The monoisotopic (exact) mass is 304 g/mol. The number of thiophene rings is 1. The zero-order valence-corrected chi connectivity index (χ0v) is 12.9. The average Bonchev–Trinajstić information content (AvgIpc) is 3.03. The molecule has 21 heavy (non-hydrogen) atoms. The fraction of sp³-hybridized carbons (Fsp3) is 0.333. The van der Waals surface area contributed by atoms with Crippen LogP contribution in [0.3, 0.4) is 0 Å². The molecule has 2 aromatic rings. The average molecular weight is 304 g/mol. The molecule has 0 aliphatic heterocycles. The van der Waals surface area contributed by atoms with Gasteiger partial charge in [-0.2, -0.15) is 0 Å². The van der Waals surface area contributed by atoms with Gasteiger partial charge in [-0.1, -0.05) is 17.0 Å². The number of hydrogen-bond donors (Lipinski definition) is 2. The van der Waals surface area contributed by atoms with E-state index in [0.717, 1.165) is 11.3 Å². The first-order valence-electron chi connectivity index (χ1n) is 6.45. The van der Waals surface area contributed by atoms with Crippen LogP contribution >= 0.6 is 11.3 Å². The Morgan fingerprint density at radius 1 is 1.57 bits per heavy atom. The van der Waals surface area contributed by atoms with Crippen LogP contribution in [0.1, 0.15) is 45.2 Å². The summed E-state index contributed by atoms with van der Waals surface area (Å²) >= 11 is 1.32. The fourth-order valence-corrected chi connectivity index (χ4v) is 2.91. The van der Waals surface area contributed by atoms with Crippen molar-refractivity contribution >= 4 is 17.2 Å². The smallest absolute Gasteiger partial charge is 0.263 e. The Morgan fingerprint density at radius 3 is 2.95 bits per heavy atom. The third-order valence-corrected chi connectivity index (χ3v) is 3.96. The highest BCUT2D eigenvalue weighted by atomic mass is 32.1. The summed E-state index contributed by atoms with van der Waals surface area (Å²) in [5.74, 6) is 5.83. The molecule has 2 rings (SSSR count). The van der Waals surface area contributed by atoms with Crippen molar-refractivity contribution in [3.63, 3.8) is 0 Å². The van der Waals surface area contributed by atoms with Gasteiger partial charge in [0.2, 0.25) is 0 Å². The number of aliphatic hydroxyl groups excluding tert-OH is 1. The van der Waals surface area contributed by atoms with Crippen LogP contribution in [0, 0.1) is 25.7 Å². The van der Waals surface area contributed by atoms with Crippen LogP contribution in [0.15, 0.2) is 16.0 Å². The predicted molar refractivity (Wildman–Crippen MR) is 80.1 cm³/mol. The van der Waals surface area contributed by atoms with E-state index in [1.165, 1.54) is 11.3 Å². The summed E-state index contributed by atoms with van der Waals surface area (Å²) in [4.78, 5) is 12.9. The van der Waals surface area contributed by atoms with Gasteiger partial charge >= 0.3 is 0 Å². The Bertz CT molecular complexity index is 687. The van der Waals surface area contributed by atoms with Gasteiger partial charge in [0, 0.05) is 11.1 Å². The maximum absolute atomic E-state index is 12.3. The van der Waals surface area contributed by atoms with E-state index < -0.39 is 0 Å². The zero-order valence-electron chi connectivity index (χ0n) is 12.1. The SMILES string of the molecule is Cc1noc(C)c1C(C)NC(=O)c1sccc1C#CCO. The highest BCUT2D eigenvalue weighted by molar-refractivity contribution is 7.12. The van der Waals surface area contributed by atoms with E-state index in [-0.39, 0.29) is 18.6 Å². The lowest BCUT2D eigenvalue weighted by atomic mass is 10.1. The van der Waals surface area contributed by atoms with Crippen LogP contribution in [0.2, 0.25) is 0 Å². The molecule has 0 saturated heterocycles. The van der Waals surface area contributed by atoms with Crippen molar-refractivity contribution in [1.29, 1.82) is 0 Å². The molecule has 5 nitrogen and oxygen atoms in total. The Labute approximate surface area is 127 Å². The maximum atomic E-state index is 12.3. The second kappa shape index (κ2) is 6.57. The summed E-state index contributed by atoms with van der Waals surface area (Å²) in [5.41, 5.74) is 2.28. The van der Waals surface area contributed by atoms with E-state index in [1.54, 1.807) is 11.4 Å². The second-order valence-electron chi connectivity index (χ2n) is 4.56. The van der Waals surface area contributed by atoms with Gasteiger partial charge in [0.15, 0.2) is 0 Å². The fourth-order valence-electron chi connectivity index (χ4n) is 2.16. The van der Waals surface area contributed by atoms with Crippen LogP contribution in [0.25, 0.3) is 0 Å². The summed E-state index contributed by atoms with van der Waals surface area (Å²) in [6.45, 7) is 5.32. The summed E-state index contributed by atoms with van der Waals surface area (Å²) in [6, 6.07) is 1.56. The standard InChI is InChI=1S/C15H16N2O3S/c1-9(13-10(2)17-20-11(13)3)16-15(19)14-12(5-4-7-18)6-8-21-14/h6,8-9,18H,7H2,1-3H3,(H,16,19). The van der Waals surface area contributed by atoms with Crippen LogP contribution in [0.4, 0.5) is 0 Å². The highest BCUT2D eigenvalue weighted by Crippen LogP contribution is 2.22. The molecule has 2 heterocycles. The van der Waals surface area contributed by atoms with Crippen LogP contribution in [-0.4, -0.2) is 22.8 Å². The first-order chi connectivity index (χ1) is 10.0. The molecule has 0 aliphatic rings. The summed E-state index contributed by atoms with van der Waals surface area (Å²) in [6.07, 6.45) is 0. The van der Waals surface area contributed by atoms with Crippen molar-refractivity contribution in [2.75, 3.05) is 6.61 Å². The minimum atomic E-state index is -0.230. The number of rotatable bonds is 3. The lowest BCUT2D eigenvalue weighted by Crippen LogP contribution is -2.27. The van der Waals surface area contributed by atoms with Crippen LogP contribution in [0.5, 0.6) is 0 Å². The largest absolute Gasteiger partial charge is 0.384 e. The molecule has 2 aromatic heterocycles. The Hall–Kier alpha value is -2.10. The van der Waals surface area contributed by atoms with Gasteiger partial charge < -0.3 is 14.9 Å². The summed E-state index contributed by atoms with van der Waals surface area (Å²) < 4.78 is 5.12. The Balaban J connectivity index is 2.17. The number of aliphatic hydroxyl groups is 1. The van der Waals surface area contributed by atoms with E-state index in [2.05, 4.69) is 22.3 Å². The lowest BCUT2D eigenvalue weighted by Gasteiger charge is -2.13. The van der Waals surface area contributed by atoms with Gasteiger partial charge in [0.1, 0.15) is 17.2 Å². The molecule has 0 spiro atoms. The van der Waals surface area contributed by atoms with Gasteiger partial charge in [-0.3, -0.25) is 4.79 Å². The number of nitrogens with zero attached hydrogens (tertiary/aromatic N) is 1. The molecule has 0 aliphatic carbocycles. The molecule has 6 heteroatoms. The van der Waals surface area contributed by atoms with Crippen LogP contribution in [-0.2, 0) is 0 Å². The second-order valence-corrected chi connectivity index (χ2v) is 5.47. The molecule has 1 unspecified atom stereocenters. The molecule has 1 atom stereocenters. The first kappa shape index (κ1) is 15.3. The molecule has 0 bridgehead atoms. The summed E-state index contributed by atoms with van der Waals surface area (Å²) in [7, 11) is 0. The molecule has 110 valence electrons. The zero-order chi connectivity index (χ0) is 15.4. The topological polar surface area (TPSA) is 75.4 Å².